The molecule has 1 aliphatic heterocycles. The van der Waals surface area contributed by atoms with Gasteiger partial charge < -0.3 is 0 Å². The van der Waals surface area contributed by atoms with Crippen LogP contribution in [0.3, 0.4) is 0 Å². The fraction of sp³-hybridized carbons (Fsp3) is 0.238. The minimum Gasteiger partial charge on any atom is -0.294 e. The van der Waals surface area contributed by atoms with E-state index in [1.54, 1.807) is 24.3 Å². The van der Waals surface area contributed by atoms with Crippen LogP contribution in [0.2, 0.25) is 5.02 Å². The number of rotatable bonds is 2. The summed E-state index contributed by atoms with van der Waals surface area (Å²) < 4.78 is 27.7. The molecule has 1 heterocycles. The maximum absolute atomic E-state index is 14.4. The fourth-order valence-electron chi connectivity index (χ4n) is 3.91. The molecule has 0 saturated carbocycles. The maximum atomic E-state index is 14.4. The van der Waals surface area contributed by atoms with Gasteiger partial charge in [-0.1, -0.05) is 23.7 Å². The van der Waals surface area contributed by atoms with Crippen molar-refractivity contribution in [2.75, 3.05) is 4.90 Å². The summed E-state index contributed by atoms with van der Waals surface area (Å²) in [7, 11) is 0. The Morgan fingerprint density at radius 1 is 1.00 bits per heavy atom. The van der Waals surface area contributed by atoms with Crippen LogP contribution in [0.15, 0.2) is 53.7 Å². The molecule has 0 unspecified atom stereocenters. The van der Waals surface area contributed by atoms with E-state index in [0.717, 1.165) is 17.7 Å². The molecule has 0 radical (unpaired) electrons. The van der Waals surface area contributed by atoms with Gasteiger partial charge in [-0.3, -0.25) is 14.5 Å². The first-order valence-electron chi connectivity index (χ1n) is 8.75. The molecule has 0 bridgehead atoms. The number of anilines is 1. The second-order valence-electron chi connectivity index (χ2n) is 6.77. The monoisotopic (exact) mass is 387 g/mol. The minimum atomic E-state index is -0.821. The lowest BCUT2D eigenvalue weighted by atomic mass is 9.77. The number of carbonyl (C=O) groups is 2. The molecule has 3 nitrogen and oxygen atoms in total. The number of ketones is 1. The summed E-state index contributed by atoms with van der Waals surface area (Å²) >= 11 is 5.95. The molecule has 27 heavy (non-hydrogen) atoms. The summed E-state index contributed by atoms with van der Waals surface area (Å²) in [4.78, 5) is 26.9. The molecule has 1 aliphatic carbocycles. The van der Waals surface area contributed by atoms with Crippen LogP contribution in [0.4, 0.5) is 14.5 Å². The molecule has 4 rings (SSSR count). The second-order valence-corrected chi connectivity index (χ2v) is 7.21. The predicted octanol–water partition coefficient (Wildman–Crippen LogP) is 5.15. The Labute approximate surface area is 160 Å². The summed E-state index contributed by atoms with van der Waals surface area (Å²) in [6, 6.07) is 10.2. The van der Waals surface area contributed by atoms with E-state index < -0.39 is 11.6 Å². The minimum absolute atomic E-state index is 0.0156. The third-order valence-electron chi connectivity index (χ3n) is 5.10. The Hall–Kier alpha value is -2.53. The van der Waals surface area contributed by atoms with Crippen LogP contribution in [0, 0.1) is 11.6 Å². The Morgan fingerprint density at radius 3 is 2.44 bits per heavy atom. The zero-order valence-electron chi connectivity index (χ0n) is 14.3. The van der Waals surface area contributed by atoms with E-state index >= 15 is 0 Å². The van der Waals surface area contributed by atoms with Gasteiger partial charge in [0.25, 0.3) is 0 Å². The average Bonchev–Trinajstić information content (AvgIpc) is 2.63. The predicted molar refractivity (Wildman–Crippen MR) is 98.5 cm³/mol. The number of amides is 1. The lowest BCUT2D eigenvalue weighted by Gasteiger charge is -2.38. The first kappa shape index (κ1) is 17.9. The number of nitrogens with zero attached hydrogens (tertiary/aromatic N) is 1. The van der Waals surface area contributed by atoms with Gasteiger partial charge in [-0.05, 0) is 42.7 Å². The van der Waals surface area contributed by atoms with E-state index in [-0.39, 0.29) is 29.7 Å². The first-order chi connectivity index (χ1) is 13.0. The highest BCUT2D eigenvalue weighted by Gasteiger charge is 2.40. The Morgan fingerprint density at radius 2 is 1.74 bits per heavy atom. The normalized spacial score (nSPS) is 20.1. The maximum Gasteiger partial charge on any atom is 0.232 e. The van der Waals surface area contributed by atoms with Crippen LogP contribution in [-0.4, -0.2) is 11.7 Å². The van der Waals surface area contributed by atoms with Crippen LogP contribution in [0.5, 0.6) is 0 Å². The number of allylic oxidation sites excluding steroid dienone is 2. The third-order valence-corrected chi connectivity index (χ3v) is 5.35. The molecule has 2 aromatic rings. The van der Waals surface area contributed by atoms with Gasteiger partial charge in [0.2, 0.25) is 5.91 Å². The van der Waals surface area contributed by atoms with Gasteiger partial charge in [-0.25, -0.2) is 8.78 Å². The van der Waals surface area contributed by atoms with E-state index in [0.29, 0.717) is 35.6 Å². The number of benzene rings is 2. The molecule has 1 atom stereocenters. The van der Waals surface area contributed by atoms with Crippen molar-refractivity contribution in [1.82, 2.24) is 0 Å². The van der Waals surface area contributed by atoms with Crippen molar-refractivity contribution < 1.29 is 18.4 Å². The molecule has 138 valence electrons. The van der Waals surface area contributed by atoms with Crippen LogP contribution in [-0.2, 0) is 9.59 Å². The van der Waals surface area contributed by atoms with Crippen molar-refractivity contribution in [2.24, 2.45) is 0 Å². The van der Waals surface area contributed by atoms with Gasteiger partial charge in [0.05, 0.1) is 5.69 Å². The number of hydrogen-bond acceptors (Lipinski definition) is 2. The molecule has 0 spiro atoms. The molecule has 0 saturated heterocycles. The van der Waals surface area contributed by atoms with Crippen LogP contribution >= 0.6 is 11.6 Å². The second kappa shape index (κ2) is 6.89. The summed E-state index contributed by atoms with van der Waals surface area (Å²) in [5.74, 6) is -2.26. The molecule has 0 fully saturated rings. The van der Waals surface area contributed by atoms with E-state index in [2.05, 4.69) is 0 Å². The molecular weight excluding hydrogens is 372 g/mol. The number of Topliss-reactive ketones (excluding diaryl/α,β-unsaturated/α-hetero) is 1. The highest BCUT2D eigenvalue weighted by molar-refractivity contribution is 6.30. The highest BCUT2D eigenvalue weighted by atomic mass is 35.5. The molecular formula is C21H16ClF2NO2. The van der Waals surface area contributed by atoms with Gasteiger partial charge in [0.1, 0.15) is 11.6 Å². The third kappa shape index (κ3) is 3.16. The van der Waals surface area contributed by atoms with Gasteiger partial charge in [0.15, 0.2) is 5.78 Å². The molecule has 0 aromatic heterocycles. The zero-order valence-corrected chi connectivity index (χ0v) is 15.1. The van der Waals surface area contributed by atoms with E-state index in [1.165, 1.54) is 11.0 Å². The topological polar surface area (TPSA) is 37.4 Å². The number of halogens is 3. The van der Waals surface area contributed by atoms with Crippen molar-refractivity contribution in [1.29, 1.82) is 0 Å². The summed E-state index contributed by atoms with van der Waals surface area (Å²) in [6.45, 7) is 0. The van der Waals surface area contributed by atoms with Crippen molar-refractivity contribution >= 4 is 29.0 Å². The van der Waals surface area contributed by atoms with Crippen LogP contribution in [0.1, 0.15) is 37.2 Å². The lowest BCUT2D eigenvalue weighted by Crippen LogP contribution is -2.41. The number of hydrogen-bond donors (Lipinski definition) is 0. The van der Waals surface area contributed by atoms with Crippen LogP contribution < -0.4 is 4.90 Å². The smallest absolute Gasteiger partial charge is 0.232 e. The summed E-state index contributed by atoms with van der Waals surface area (Å²) in [6.07, 6.45) is 1.53. The van der Waals surface area contributed by atoms with Crippen molar-refractivity contribution in [3.63, 3.8) is 0 Å². The van der Waals surface area contributed by atoms with Crippen LogP contribution in [0.25, 0.3) is 0 Å². The Balaban J connectivity index is 1.87. The molecule has 0 N–H and O–H groups in total. The van der Waals surface area contributed by atoms with Gasteiger partial charge >= 0.3 is 0 Å². The molecule has 2 aromatic carbocycles. The summed E-state index contributed by atoms with van der Waals surface area (Å²) in [5.41, 5.74) is 1.88. The standard InChI is InChI=1S/C21H16ClF2NO2/c22-13-6-4-12(5-7-13)15-11-20(27)25(17-9-8-14(23)10-16(17)24)18-2-1-3-19(26)21(15)18/h4-10,15H,1-3,11H2/t15-/m1/s1. The number of carbonyl (C=O) groups excluding carboxylic acids is 2. The molecule has 6 heteroatoms. The van der Waals surface area contributed by atoms with E-state index in [1.807, 2.05) is 0 Å². The van der Waals surface area contributed by atoms with Crippen molar-refractivity contribution in [3.05, 3.63) is 76.0 Å². The molecule has 2 aliphatic rings. The summed E-state index contributed by atoms with van der Waals surface area (Å²) in [5, 5.41) is 0.570. The van der Waals surface area contributed by atoms with E-state index in [4.69, 9.17) is 11.6 Å². The largest absolute Gasteiger partial charge is 0.294 e. The SMILES string of the molecule is O=C1CCCC2=C1[C@@H](c1ccc(Cl)cc1)CC(=O)N2c1ccc(F)cc1F. The van der Waals surface area contributed by atoms with Gasteiger partial charge in [-0.15, -0.1) is 0 Å². The fourth-order valence-corrected chi connectivity index (χ4v) is 4.04. The van der Waals surface area contributed by atoms with Crippen molar-refractivity contribution in [3.8, 4) is 0 Å². The Bertz CT molecular complexity index is 969. The first-order valence-corrected chi connectivity index (χ1v) is 9.13. The molecule has 1 amide bonds. The average molecular weight is 388 g/mol. The highest BCUT2D eigenvalue weighted by Crippen LogP contribution is 2.44. The lowest BCUT2D eigenvalue weighted by molar-refractivity contribution is -0.120. The zero-order chi connectivity index (χ0) is 19.1. The quantitative estimate of drug-likeness (QED) is 0.715. The Kier molecular flexibility index (Phi) is 4.56. The van der Waals surface area contributed by atoms with Gasteiger partial charge in [-0.2, -0.15) is 0 Å². The van der Waals surface area contributed by atoms with E-state index in [9.17, 15) is 18.4 Å². The van der Waals surface area contributed by atoms with Crippen molar-refractivity contribution in [2.45, 2.75) is 31.6 Å². The van der Waals surface area contributed by atoms with Gasteiger partial charge in [0, 0.05) is 41.1 Å².